The number of nitrogens with zero attached hydrogens (tertiary/aromatic N) is 1. The molecule has 0 unspecified atom stereocenters. The Bertz CT molecular complexity index is 648. The number of aryl methyl sites for hydroxylation is 1. The molecule has 2 rings (SSSR count). The molecule has 23 heavy (non-hydrogen) atoms. The van der Waals surface area contributed by atoms with Crippen LogP contribution in [-0.2, 0) is 6.54 Å². The van der Waals surface area contributed by atoms with E-state index in [9.17, 15) is 0 Å². The molecule has 4 heteroatoms. The highest BCUT2D eigenvalue weighted by Gasteiger charge is 2.00. The summed E-state index contributed by atoms with van der Waals surface area (Å²) in [4.78, 5) is 4.38. The lowest BCUT2D eigenvalue weighted by Crippen LogP contribution is -2.22. The van der Waals surface area contributed by atoms with Crippen LogP contribution in [0.2, 0.25) is 0 Å². The number of nitrogens with one attached hydrogen (secondary N) is 1. The second-order valence-electron chi connectivity index (χ2n) is 6.04. The molecule has 0 bridgehead atoms. The van der Waals surface area contributed by atoms with E-state index in [2.05, 4.69) is 31.1 Å². The number of aliphatic imine (C=N–C) groups is 1. The molecule has 0 aromatic heterocycles. The van der Waals surface area contributed by atoms with Crippen molar-refractivity contribution < 1.29 is 4.74 Å². The summed E-state index contributed by atoms with van der Waals surface area (Å²) < 4.78 is 5.73. The zero-order valence-corrected chi connectivity index (χ0v) is 14.0. The molecule has 0 aliphatic heterocycles. The van der Waals surface area contributed by atoms with Gasteiger partial charge in [-0.2, -0.15) is 0 Å². The number of hydrogen-bond acceptors (Lipinski definition) is 2. The van der Waals surface area contributed by atoms with Crippen LogP contribution in [0, 0.1) is 12.8 Å². The van der Waals surface area contributed by atoms with E-state index in [4.69, 9.17) is 10.5 Å². The van der Waals surface area contributed by atoms with Crippen molar-refractivity contribution in [3.63, 3.8) is 0 Å². The maximum atomic E-state index is 5.94. The first-order chi connectivity index (χ1) is 11.0. The second kappa shape index (κ2) is 8.22. The first kappa shape index (κ1) is 16.9. The fraction of sp³-hybridized carbons (Fsp3) is 0.316. The quantitative estimate of drug-likeness (QED) is 0.627. The monoisotopic (exact) mass is 311 g/mol. The maximum Gasteiger partial charge on any atom is 0.193 e. The van der Waals surface area contributed by atoms with E-state index in [1.165, 1.54) is 5.56 Å². The number of ether oxygens (including phenoxy) is 1. The Morgan fingerprint density at radius 2 is 1.91 bits per heavy atom. The molecule has 122 valence electrons. The summed E-state index contributed by atoms with van der Waals surface area (Å²) in [5.41, 5.74) is 9.15. The second-order valence-corrected chi connectivity index (χ2v) is 6.04. The van der Waals surface area contributed by atoms with Gasteiger partial charge in [-0.3, -0.25) is 0 Å². The normalized spacial score (nSPS) is 11.6. The standard InChI is InChI=1S/C19H25N3O/c1-14(2)13-23-18-6-4-5-16(11-18)12-21-19(20)22-17-9-7-15(3)8-10-17/h4-11,14H,12-13H2,1-3H3,(H3,20,21,22). The van der Waals surface area contributed by atoms with E-state index >= 15 is 0 Å². The highest BCUT2D eigenvalue weighted by atomic mass is 16.5. The summed E-state index contributed by atoms with van der Waals surface area (Å²) >= 11 is 0. The summed E-state index contributed by atoms with van der Waals surface area (Å²) in [5, 5.41) is 3.09. The van der Waals surface area contributed by atoms with E-state index in [0.717, 1.165) is 17.0 Å². The third-order valence-electron chi connectivity index (χ3n) is 3.24. The van der Waals surface area contributed by atoms with Crippen molar-refractivity contribution in [3.8, 4) is 5.75 Å². The zero-order valence-electron chi connectivity index (χ0n) is 14.0. The molecule has 2 aromatic rings. The summed E-state index contributed by atoms with van der Waals surface area (Å²) in [6.45, 7) is 7.54. The highest BCUT2D eigenvalue weighted by molar-refractivity contribution is 5.92. The Morgan fingerprint density at radius 3 is 2.61 bits per heavy atom. The van der Waals surface area contributed by atoms with Crippen LogP contribution in [0.25, 0.3) is 0 Å². The van der Waals surface area contributed by atoms with Crippen molar-refractivity contribution in [2.24, 2.45) is 16.6 Å². The van der Waals surface area contributed by atoms with Gasteiger partial charge < -0.3 is 15.8 Å². The number of guanidine groups is 1. The Labute approximate surface area is 138 Å². The van der Waals surface area contributed by atoms with Gasteiger partial charge in [-0.25, -0.2) is 4.99 Å². The molecule has 0 amide bonds. The van der Waals surface area contributed by atoms with Crippen LogP contribution in [0.4, 0.5) is 5.69 Å². The molecule has 0 saturated heterocycles. The number of rotatable bonds is 6. The van der Waals surface area contributed by atoms with Gasteiger partial charge in [-0.05, 0) is 42.7 Å². The highest BCUT2D eigenvalue weighted by Crippen LogP contribution is 2.15. The first-order valence-corrected chi connectivity index (χ1v) is 7.88. The third kappa shape index (κ3) is 6.02. The van der Waals surface area contributed by atoms with Crippen molar-refractivity contribution in [3.05, 3.63) is 59.7 Å². The van der Waals surface area contributed by atoms with Gasteiger partial charge in [-0.1, -0.05) is 43.7 Å². The van der Waals surface area contributed by atoms with Crippen LogP contribution in [0.15, 0.2) is 53.5 Å². The third-order valence-corrected chi connectivity index (χ3v) is 3.24. The topological polar surface area (TPSA) is 59.6 Å². The van der Waals surface area contributed by atoms with Crippen LogP contribution < -0.4 is 15.8 Å². The molecule has 3 N–H and O–H groups in total. The number of anilines is 1. The summed E-state index contributed by atoms with van der Waals surface area (Å²) in [7, 11) is 0. The van der Waals surface area contributed by atoms with Gasteiger partial charge in [0.15, 0.2) is 5.96 Å². The van der Waals surface area contributed by atoms with Crippen LogP contribution >= 0.6 is 0 Å². The van der Waals surface area contributed by atoms with Gasteiger partial charge in [-0.15, -0.1) is 0 Å². The Balaban J connectivity index is 1.93. The Hall–Kier alpha value is -2.49. The minimum absolute atomic E-state index is 0.405. The van der Waals surface area contributed by atoms with Crippen LogP contribution in [0.1, 0.15) is 25.0 Å². The van der Waals surface area contributed by atoms with Gasteiger partial charge in [0.1, 0.15) is 5.75 Å². The minimum atomic E-state index is 0.405. The zero-order chi connectivity index (χ0) is 16.7. The SMILES string of the molecule is Cc1ccc(NC(N)=NCc2cccc(OCC(C)C)c2)cc1. The Morgan fingerprint density at radius 1 is 1.17 bits per heavy atom. The minimum Gasteiger partial charge on any atom is -0.493 e. The first-order valence-electron chi connectivity index (χ1n) is 7.88. The molecule has 0 heterocycles. The molecule has 0 atom stereocenters. The van der Waals surface area contributed by atoms with Crippen molar-refractivity contribution in [2.75, 3.05) is 11.9 Å². The van der Waals surface area contributed by atoms with E-state index in [1.807, 2.05) is 48.5 Å². The van der Waals surface area contributed by atoms with Crippen molar-refractivity contribution in [1.29, 1.82) is 0 Å². The fourth-order valence-corrected chi connectivity index (χ4v) is 2.00. The maximum absolute atomic E-state index is 5.94. The molecule has 2 aromatic carbocycles. The average molecular weight is 311 g/mol. The molecule has 0 fully saturated rings. The van der Waals surface area contributed by atoms with E-state index in [1.54, 1.807) is 0 Å². The number of nitrogens with two attached hydrogens (primary N) is 1. The number of benzene rings is 2. The molecule has 0 saturated carbocycles. The number of hydrogen-bond donors (Lipinski definition) is 2. The summed E-state index contributed by atoms with van der Waals surface area (Å²) in [6.07, 6.45) is 0. The predicted octanol–water partition coefficient (Wildman–Crippen LogP) is 3.96. The van der Waals surface area contributed by atoms with E-state index < -0.39 is 0 Å². The van der Waals surface area contributed by atoms with Gasteiger partial charge in [0.05, 0.1) is 13.2 Å². The Kier molecular flexibility index (Phi) is 6.03. The fourth-order valence-electron chi connectivity index (χ4n) is 2.00. The van der Waals surface area contributed by atoms with E-state index in [-0.39, 0.29) is 0 Å². The summed E-state index contributed by atoms with van der Waals surface area (Å²) in [5.74, 6) is 1.78. The molecule has 4 nitrogen and oxygen atoms in total. The predicted molar refractivity (Wildman–Crippen MR) is 96.9 cm³/mol. The van der Waals surface area contributed by atoms with Gasteiger partial charge in [0.2, 0.25) is 0 Å². The van der Waals surface area contributed by atoms with Crippen LogP contribution in [0.3, 0.4) is 0 Å². The molecule has 0 aliphatic carbocycles. The van der Waals surface area contributed by atoms with Gasteiger partial charge >= 0.3 is 0 Å². The lowest BCUT2D eigenvalue weighted by molar-refractivity contribution is 0.271. The van der Waals surface area contributed by atoms with Crippen LogP contribution in [-0.4, -0.2) is 12.6 Å². The van der Waals surface area contributed by atoms with Crippen molar-refractivity contribution in [2.45, 2.75) is 27.3 Å². The molecule has 0 aliphatic rings. The van der Waals surface area contributed by atoms with Crippen molar-refractivity contribution in [1.82, 2.24) is 0 Å². The lowest BCUT2D eigenvalue weighted by atomic mass is 10.2. The van der Waals surface area contributed by atoms with Gasteiger partial charge in [0, 0.05) is 5.69 Å². The van der Waals surface area contributed by atoms with Crippen molar-refractivity contribution >= 4 is 11.6 Å². The molecular formula is C19H25N3O. The smallest absolute Gasteiger partial charge is 0.193 e. The molecule has 0 spiro atoms. The summed E-state index contributed by atoms with van der Waals surface area (Å²) in [6, 6.07) is 16.0. The lowest BCUT2D eigenvalue weighted by Gasteiger charge is -2.10. The average Bonchev–Trinajstić information content (AvgIpc) is 2.54. The van der Waals surface area contributed by atoms with Crippen LogP contribution in [0.5, 0.6) is 5.75 Å². The molecule has 0 radical (unpaired) electrons. The largest absolute Gasteiger partial charge is 0.493 e. The van der Waals surface area contributed by atoms with Gasteiger partial charge in [0.25, 0.3) is 0 Å². The molecular weight excluding hydrogens is 286 g/mol. The van der Waals surface area contributed by atoms with E-state index in [0.29, 0.717) is 25.0 Å².